The molecule has 7 heteroatoms. The Morgan fingerprint density at radius 2 is 1.73 bits per heavy atom. The fourth-order valence-electron chi connectivity index (χ4n) is 3.29. The Labute approximate surface area is 128 Å². The molecule has 3 aliphatic rings. The van der Waals surface area contributed by atoms with Gasteiger partial charge < -0.3 is 14.2 Å². The Balaban J connectivity index is 1.67. The van der Waals surface area contributed by atoms with Crippen LogP contribution < -0.4 is 5.32 Å². The first kappa shape index (κ1) is 15.2. The first-order chi connectivity index (χ1) is 10.5. The minimum Gasteiger partial charge on any atom is -0.456 e. The molecule has 1 N–H and O–H groups in total. The van der Waals surface area contributed by atoms with Gasteiger partial charge in [0.05, 0.1) is 6.10 Å². The number of ether oxygens (including phenoxy) is 3. The Morgan fingerprint density at radius 1 is 1.09 bits per heavy atom. The average Bonchev–Trinajstić information content (AvgIpc) is 2.74. The lowest BCUT2D eigenvalue weighted by molar-refractivity contribution is -0.217. The SMILES string of the molecule is C=C1C(=O)OC(C2CC(C3CC(=O)NC(=O)C3)OCO2)C1C. The van der Waals surface area contributed by atoms with Crippen molar-refractivity contribution in [3.8, 4) is 0 Å². The van der Waals surface area contributed by atoms with Crippen molar-refractivity contribution in [2.24, 2.45) is 11.8 Å². The number of cyclic esters (lactones) is 1. The Morgan fingerprint density at radius 3 is 2.32 bits per heavy atom. The van der Waals surface area contributed by atoms with E-state index in [0.717, 1.165) is 0 Å². The molecule has 2 amide bonds. The minimum absolute atomic E-state index is 0.0644. The van der Waals surface area contributed by atoms with E-state index in [1.807, 2.05) is 6.92 Å². The highest BCUT2D eigenvalue weighted by Gasteiger charge is 2.45. The zero-order chi connectivity index (χ0) is 15.9. The van der Waals surface area contributed by atoms with Gasteiger partial charge in [-0.25, -0.2) is 4.79 Å². The van der Waals surface area contributed by atoms with Crippen LogP contribution in [0.15, 0.2) is 12.2 Å². The molecule has 3 saturated heterocycles. The number of carbonyl (C=O) groups is 3. The number of nitrogens with one attached hydrogen (secondary N) is 1. The van der Waals surface area contributed by atoms with Gasteiger partial charge in [-0.15, -0.1) is 0 Å². The largest absolute Gasteiger partial charge is 0.456 e. The van der Waals surface area contributed by atoms with Crippen LogP contribution in [-0.4, -0.2) is 42.9 Å². The van der Waals surface area contributed by atoms with Crippen molar-refractivity contribution in [2.45, 2.75) is 44.5 Å². The molecule has 3 heterocycles. The van der Waals surface area contributed by atoms with Gasteiger partial charge in [-0.3, -0.25) is 14.9 Å². The van der Waals surface area contributed by atoms with E-state index in [2.05, 4.69) is 11.9 Å². The molecule has 0 spiro atoms. The summed E-state index contributed by atoms with van der Waals surface area (Å²) in [5, 5.41) is 2.29. The van der Waals surface area contributed by atoms with E-state index in [1.54, 1.807) is 0 Å². The molecule has 0 radical (unpaired) electrons. The van der Waals surface area contributed by atoms with Crippen molar-refractivity contribution < 1.29 is 28.6 Å². The number of hydrogen-bond donors (Lipinski definition) is 1. The molecule has 0 aromatic carbocycles. The molecular weight excluding hydrogens is 290 g/mol. The molecule has 3 aliphatic heterocycles. The van der Waals surface area contributed by atoms with Crippen LogP contribution in [0.4, 0.5) is 0 Å². The lowest BCUT2D eigenvalue weighted by Crippen LogP contribution is -2.48. The van der Waals surface area contributed by atoms with Crippen LogP contribution in [0.5, 0.6) is 0 Å². The fraction of sp³-hybridized carbons (Fsp3) is 0.667. The molecule has 0 aliphatic carbocycles. The second-order valence-electron chi connectivity index (χ2n) is 6.09. The molecule has 7 nitrogen and oxygen atoms in total. The number of carbonyl (C=O) groups excluding carboxylic acids is 3. The molecule has 0 aromatic heterocycles. The number of imide groups is 1. The fourth-order valence-corrected chi connectivity index (χ4v) is 3.29. The van der Waals surface area contributed by atoms with E-state index in [0.29, 0.717) is 12.0 Å². The van der Waals surface area contributed by atoms with Crippen LogP contribution >= 0.6 is 0 Å². The van der Waals surface area contributed by atoms with Gasteiger partial charge in [-0.2, -0.15) is 0 Å². The lowest BCUT2D eigenvalue weighted by Gasteiger charge is -2.37. The summed E-state index contributed by atoms with van der Waals surface area (Å²) in [5.74, 6) is -1.23. The third kappa shape index (κ3) is 2.78. The summed E-state index contributed by atoms with van der Waals surface area (Å²) in [6, 6.07) is 0. The smallest absolute Gasteiger partial charge is 0.334 e. The van der Waals surface area contributed by atoms with E-state index in [4.69, 9.17) is 14.2 Å². The van der Waals surface area contributed by atoms with Crippen molar-refractivity contribution in [1.29, 1.82) is 0 Å². The standard InChI is InChI=1S/C15H19NO6/c1-7-8(2)15(19)22-14(7)11-5-10(20-6-21-11)9-3-12(17)16-13(18)4-9/h7,9-11,14H,2-6H2,1H3,(H,16,17,18). The Hall–Kier alpha value is -1.73. The molecule has 0 saturated carbocycles. The third-order valence-electron chi connectivity index (χ3n) is 4.64. The van der Waals surface area contributed by atoms with Gasteiger partial charge in [0.25, 0.3) is 0 Å². The summed E-state index contributed by atoms with van der Waals surface area (Å²) < 4.78 is 16.5. The van der Waals surface area contributed by atoms with Crippen LogP contribution in [0, 0.1) is 11.8 Å². The Bertz CT molecular complexity index is 514. The maximum absolute atomic E-state index is 11.6. The van der Waals surface area contributed by atoms with Crippen LogP contribution in [0.25, 0.3) is 0 Å². The van der Waals surface area contributed by atoms with Gasteiger partial charge in [0, 0.05) is 36.7 Å². The van der Waals surface area contributed by atoms with Gasteiger partial charge >= 0.3 is 5.97 Å². The number of piperidine rings is 1. The third-order valence-corrected chi connectivity index (χ3v) is 4.64. The first-order valence-corrected chi connectivity index (χ1v) is 7.41. The highest BCUT2D eigenvalue weighted by Crippen LogP contribution is 2.35. The number of hydrogen-bond acceptors (Lipinski definition) is 6. The van der Waals surface area contributed by atoms with E-state index < -0.39 is 5.97 Å². The Kier molecular flexibility index (Phi) is 4.01. The second kappa shape index (κ2) is 5.81. The highest BCUT2D eigenvalue weighted by molar-refractivity contribution is 5.97. The molecule has 0 bridgehead atoms. The highest BCUT2D eigenvalue weighted by atomic mass is 16.7. The number of rotatable bonds is 2. The van der Waals surface area contributed by atoms with Gasteiger partial charge in [0.2, 0.25) is 11.8 Å². The lowest BCUT2D eigenvalue weighted by atomic mass is 9.85. The van der Waals surface area contributed by atoms with E-state index in [9.17, 15) is 14.4 Å². The topological polar surface area (TPSA) is 90.9 Å². The van der Waals surface area contributed by atoms with Crippen LogP contribution in [0.3, 0.4) is 0 Å². The number of amides is 2. The zero-order valence-corrected chi connectivity index (χ0v) is 12.4. The summed E-state index contributed by atoms with van der Waals surface area (Å²) in [4.78, 5) is 34.6. The summed E-state index contributed by atoms with van der Waals surface area (Å²) in [7, 11) is 0. The minimum atomic E-state index is -0.392. The summed E-state index contributed by atoms with van der Waals surface area (Å²) in [5.41, 5.74) is 0.448. The monoisotopic (exact) mass is 309 g/mol. The molecule has 4 atom stereocenters. The summed E-state index contributed by atoms with van der Waals surface area (Å²) in [6.07, 6.45) is 0.0528. The van der Waals surface area contributed by atoms with Crippen molar-refractivity contribution in [1.82, 2.24) is 5.32 Å². The molecule has 120 valence electrons. The predicted molar refractivity (Wildman–Crippen MR) is 73.3 cm³/mol. The predicted octanol–water partition coefficient (Wildman–Crippen LogP) is 0.288. The second-order valence-corrected chi connectivity index (χ2v) is 6.09. The van der Waals surface area contributed by atoms with Gasteiger partial charge in [-0.05, 0) is 0 Å². The maximum atomic E-state index is 11.6. The van der Waals surface area contributed by atoms with Crippen LogP contribution in [0.1, 0.15) is 26.2 Å². The van der Waals surface area contributed by atoms with Crippen molar-refractivity contribution in [3.63, 3.8) is 0 Å². The normalized spacial score (nSPS) is 37.1. The van der Waals surface area contributed by atoms with E-state index in [1.165, 1.54) is 0 Å². The van der Waals surface area contributed by atoms with Crippen molar-refractivity contribution >= 4 is 17.8 Å². The molecule has 4 unspecified atom stereocenters. The van der Waals surface area contributed by atoms with E-state index >= 15 is 0 Å². The molecule has 22 heavy (non-hydrogen) atoms. The van der Waals surface area contributed by atoms with Crippen molar-refractivity contribution in [3.05, 3.63) is 12.2 Å². The van der Waals surface area contributed by atoms with Crippen LogP contribution in [0.2, 0.25) is 0 Å². The molecule has 3 rings (SSSR count). The van der Waals surface area contributed by atoms with E-state index in [-0.39, 0.29) is 61.6 Å². The van der Waals surface area contributed by atoms with Gasteiger partial charge in [0.15, 0.2) is 0 Å². The summed E-state index contributed by atoms with van der Waals surface area (Å²) in [6.45, 7) is 5.67. The van der Waals surface area contributed by atoms with Crippen LogP contribution in [-0.2, 0) is 28.6 Å². The zero-order valence-electron chi connectivity index (χ0n) is 12.4. The van der Waals surface area contributed by atoms with Gasteiger partial charge in [-0.1, -0.05) is 13.5 Å². The van der Waals surface area contributed by atoms with Gasteiger partial charge in [0.1, 0.15) is 19.0 Å². The summed E-state index contributed by atoms with van der Waals surface area (Å²) >= 11 is 0. The molecule has 3 fully saturated rings. The molecule has 0 aromatic rings. The van der Waals surface area contributed by atoms with Crippen molar-refractivity contribution in [2.75, 3.05) is 6.79 Å². The molecular formula is C15H19NO6. The number of esters is 1. The quantitative estimate of drug-likeness (QED) is 0.448. The maximum Gasteiger partial charge on any atom is 0.334 e. The first-order valence-electron chi connectivity index (χ1n) is 7.41. The average molecular weight is 309 g/mol.